The van der Waals surface area contributed by atoms with Crippen LogP contribution in [0.15, 0.2) is 12.2 Å². The van der Waals surface area contributed by atoms with Crippen LogP contribution in [0.2, 0.25) is 0 Å². The third-order valence-electron chi connectivity index (χ3n) is 3.18. The zero-order valence-electron chi connectivity index (χ0n) is 8.06. The van der Waals surface area contributed by atoms with Crippen LogP contribution in [0, 0.1) is 17.8 Å². The van der Waals surface area contributed by atoms with Crippen molar-refractivity contribution in [2.45, 2.75) is 12.8 Å². The number of hydrogen-bond acceptors (Lipinski definition) is 2. The van der Waals surface area contributed by atoms with Crippen molar-refractivity contribution in [3.63, 3.8) is 0 Å². The topological polar surface area (TPSA) is 29.5 Å². The van der Waals surface area contributed by atoms with Crippen molar-refractivity contribution in [3.8, 4) is 0 Å². The van der Waals surface area contributed by atoms with Crippen LogP contribution in [0.1, 0.15) is 12.8 Å². The molecule has 13 heavy (non-hydrogen) atoms. The van der Waals surface area contributed by atoms with E-state index in [0.29, 0.717) is 11.8 Å². The molecule has 2 rings (SSSR count). The van der Waals surface area contributed by atoms with E-state index in [1.54, 1.807) is 7.05 Å². The van der Waals surface area contributed by atoms with Crippen LogP contribution >= 0.6 is 0 Å². The summed E-state index contributed by atoms with van der Waals surface area (Å²) in [6, 6.07) is 0. The molecule has 1 fully saturated rings. The van der Waals surface area contributed by atoms with Gasteiger partial charge in [-0.25, -0.2) is 5.06 Å². The number of carbonyl (C=O) groups excluding carboxylic acids is 1. The van der Waals surface area contributed by atoms with Crippen LogP contribution in [-0.2, 0) is 9.63 Å². The molecule has 0 radical (unpaired) electrons. The maximum atomic E-state index is 11.7. The van der Waals surface area contributed by atoms with Crippen molar-refractivity contribution in [3.05, 3.63) is 12.2 Å². The molecular formula is C10H15NO2. The second-order valence-corrected chi connectivity index (χ2v) is 3.91. The highest BCUT2D eigenvalue weighted by atomic mass is 16.7. The average molecular weight is 181 g/mol. The molecule has 2 aliphatic carbocycles. The van der Waals surface area contributed by atoms with E-state index in [1.807, 2.05) is 0 Å². The maximum absolute atomic E-state index is 11.7. The quantitative estimate of drug-likeness (QED) is 0.473. The normalized spacial score (nSPS) is 35.4. The van der Waals surface area contributed by atoms with E-state index in [1.165, 1.54) is 12.2 Å². The minimum absolute atomic E-state index is 0.124. The SMILES string of the molecule is CON(C)C(=O)[C@H]1C[C@H]2C=C[C@H]1C2. The summed E-state index contributed by atoms with van der Waals surface area (Å²) in [6.45, 7) is 0. The lowest BCUT2D eigenvalue weighted by atomic mass is 9.93. The molecule has 0 saturated heterocycles. The second kappa shape index (κ2) is 3.14. The van der Waals surface area contributed by atoms with Crippen LogP contribution in [0.4, 0.5) is 0 Å². The summed E-state index contributed by atoms with van der Waals surface area (Å²) in [5.41, 5.74) is 0. The van der Waals surface area contributed by atoms with Gasteiger partial charge in [0.05, 0.1) is 7.11 Å². The predicted octanol–water partition coefficient (Wildman–Crippen LogP) is 1.22. The van der Waals surface area contributed by atoms with Crippen LogP contribution in [0.25, 0.3) is 0 Å². The molecule has 0 aromatic rings. The van der Waals surface area contributed by atoms with Crippen LogP contribution in [-0.4, -0.2) is 25.1 Å². The number of fused-ring (bicyclic) bond motifs is 2. The molecule has 72 valence electrons. The Balaban J connectivity index is 2.03. The number of rotatable bonds is 2. The fourth-order valence-electron chi connectivity index (χ4n) is 2.39. The van der Waals surface area contributed by atoms with E-state index in [-0.39, 0.29) is 11.8 Å². The lowest BCUT2D eigenvalue weighted by Crippen LogP contribution is -2.33. The number of hydroxylamine groups is 2. The van der Waals surface area contributed by atoms with Crippen molar-refractivity contribution in [2.24, 2.45) is 17.8 Å². The Morgan fingerprint density at radius 3 is 2.69 bits per heavy atom. The Kier molecular flexibility index (Phi) is 2.12. The number of nitrogens with zero attached hydrogens (tertiary/aromatic N) is 1. The number of allylic oxidation sites excluding steroid dienone is 2. The Morgan fingerprint density at radius 1 is 1.46 bits per heavy atom. The maximum Gasteiger partial charge on any atom is 0.249 e. The summed E-state index contributed by atoms with van der Waals surface area (Å²) in [5.74, 6) is 1.40. The van der Waals surface area contributed by atoms with Gasteiger partial charge in [0.25, 0.3) is 0 Å². The zero-order valence-corrected chi connectivity index (χ0v) is 8.06. The first-order chi connectivity index (χ1) is 6.22. The van der Waals surface area contributed by atoms with Gasteiger partial charge in [0.1, 0.15) is 0 Å². The van der Waals surface area contributed by atoms with Crippen molar-refractivity contribution < 1.29 is 9.63 Å². The summed E-state index contributed by atoms with van der Waals surface area (Å²) in [6.07, 6.45) is 6.59. The van der Waals surface area contributed by atoms with Crippen molar-refractivity contribution in [1.82, 2.24) is 5.06 Å². The molecule has 0 unspecified atom stereocenters. The molecule has 3 nitrogen and oxygen atoms in total. The van der Waals surface area contributed by atoms with E-state index < -0.39 is 0 Å². The summed E-state index contributed by atoms with van der Waals surface area (Å²) < 4.78 is 0. The molecule has 3 heteroatoms. The van der Waals surface area contributed by atoms with Gasteiger partial charge >= 0.3 is 0 Å². The van der Waals surface area contributed by atoms with Crippen LogP contribution < -0.4 is 0 Å². The second-order valence-electron chi connectivity index (χ2n) is 3.91. The van der Waals surface area contributed by atoms with E-state index in [9.17, 15) is 4.79 Å². The van der Waals surface area contributed by atoms with Gasteiger partial charge in [-0.3, -0.25) is 9.63 Å². The average Bonchev–Trinajstić information content (AvgIpc) is 2.76. The van der Waals surface area contributed by atoms with Gasteiger partial charge in [0, 0.05) is 13.0 Å². The highest BCUT2D eigenvalue weighted by Gasteiger charge is 2.40. The van der Waals surface area contributed by atoms with Crippen LogP contribution in [0.3, 0.4) is 0 Å². The molecule has 1 saturated carbocycles. The summed E-state index contributed by atoms with van der Waals surface area (Å²) in [5, 5.41) is 1.35. The predicted molar refractivity (Wildman–Crippen MR) is 48.6 cm³/mol. The molecule has 0 aliphatic heterocycles. The highest BCUT2D eigenvalue weighted by Crippen LogP contribution is 2.43. The van der Waals surface area contributed by atoms with Gasteiger partial charge in [0.2, 0.25) is 5.91 Å². The minimum Gasteiger partial charge on any atom is -0.275 e. The fourth-order valence-corrected chi connectivity index (χ4v) is 2.39. The highest BCUT2D eigenvalue weighted by molar-refractivity contribution is 5.78. The fraction of sp³-hybridized carbons (Fsp3) is 0.700. The minimum atomic E-state index is 0.124. The van der Waals surface area contributed by atoms with Gasteiger partial charge in [-0.05, 0) is 24.7 Å². The third kappa shape index (κ3) is 1.37. The van der Waals surface area contributed by atoms with Gasteiger partial charge in [-0.15, -0.1) is 0 Å². The zero-order chi connectivity index (χ0) is 9.42. The van der Waals surface area contributed by atoms with Gasteiger partial charge < -0.3 is 0 Å². The molecule has 2 bridgehead atoms. The monoisotopic (exact) mass is 181 g/mol. The van der Waals surface area contributed by atoms with Crippen molar-refractivity contribution >= 4 is 5.91 Å². The lowest BCUT2D eigenvalue weighted by molar-refractivity contribution is -0.174. The molecule has 0 heterocycles. The Hall–Kier alpha value is -0.830. The lowest BCUT2D eigenvalue weighted by Gasteiger charge is -2.22. The molecule has 2 aliphatic rings. The number of carbonyl (C=O) groups is 1. The van der Waals surface area contributed by atoms with E-state index >= 15 is 0 Å². The Labute approximate surface area is 78.3 Å². The van der Waals surface area contributed by atoms with Crippen molar-refractivity contribution in [2.75, 3.05) is 14.2 Å². The first-order valence-electron chi connectivity index (χ1n) is 4.72. The molecule has 0 N–H and O–H groups in total. The molecule has 0 spiro atoms. The molecule has 0 aromatic carbocycles. The largest absolute Gasteiger partial charge is 0.275 e. The molecule has 0 aromatic heterocycles. The van der Waals surface area contributed by atoms with Gasteiger partial charge in [-0.2, -0.15) is 0 Å². The molecule has 1 amide bonds. The van der Waals surface area contributed by atoms with Gasteiger partial charge in [-0.1, -0.05) is 12.2 Å². The standard InChI is InChI=1S/C10H15NO2/c1-11(13-2)10(12)9-6-7-3-4-8(9)5-7/h3-4,7-9H,5-6H2,1-2H3/t7-,8-,9-/m0/s1. The first kappa shape index (κ1) is 8.75. The Morgan fingerprint density at radius 2 is 2.23 bits per heavy atom. The summed E-state index contributed by atoms with van der Waals surface area (Å²) in [4.78, 5) is 16.6. The summed E-state index contributed by atoms with van der Waals surface area (Å²) >= 11 is 0. The van der Waals surface area contributed by atoms with E-state index in [4.69, 9.17) is 4.84 Å². The third-order valence-corrected chi connectivity index (χ3v) is 3.18. The van der Waals surface area contributed by atoms with E-state index in [0.717, 1.165) is 12.8 Å². The molecular weight excluding hydrogens is 166 g/mol. The smallest absolute Gasteiger partial charge is 0.249 e. The summed E-state index contributed by atoms with van der Waals surface area (Å²) in [7, 11) is 3.21. The molecule has 3 atom stereocenters. The first-order valence-corrected chi connectivity index (χ1v) is 4.72. The van der Waals surface area contributed by atoms with Crippen molar-refractivity contribution in [1.29, 1.82) is 0 Å². The van der Waals surface area contributed by atoms with Gasteiger partial charge in [0.15, 0.2) is 0 Å². The number of amides is 1. The van der Waals surface area contributed by atoms with E-state index in [2.05, 4.69) is 12.2 Å². The Bertz CT molecular complexity index is 249. The number of hydrogen-bond donors (Lipinski definition) is 0. The van der Waals surface area contributed by atoms with Crippen LogP contribution in [0.5, 0.6) is 0 Å².